The van der Waals surface area contributed by atoms with Gasteiger partial charge < -0.3 is 19.9 Å². The smallest absolute Gasteiger partial charge is 0.410 e. The van der Waals surface area contributed by atoms with Crippen molar-refractivity contribution in [1.29, 1.82) is 0 Å². The third-order valence-electron chi connectivity index (χ3n) is 2.43. The highest BCUT2D eigenvalue weighted by atomic mass is 16.7. The monoisotopic (exact) mass is 275 g/mol. The first-order valence-electron chi connectivity index (χ1n) is 6.21. The van der Waals surface area contributed by atoms with Crippen molar-refractivity contribution in [3.8, 4) is 0 Å². The fourth-order valence-electron chi connectivity index (χ4n) is 1.60. The molecular formula is C12H21NO6. The molecule has 7 heteroatoms. The predicted molar refractivity (Wildman–Crippen MR) is 66.4 cm³/mol. The lowest BCUT2D eigenvalue weighted by molar-refractivity contribution is -0.149. The summed E-state index contributed by atoms with van der Waals surface area (Å²) in [7, 11) is 0. The van der Waals surface area contributed by atoms with Crippen LogP contribution in [0.2, 0.25) is 0 Å². The fraction of sp³-hybridized carbons (Fsp3) is 0.750. The second-order valence-electron chi connectivity index (χ2n) is 4.15. The first-order valence-corrected chi connectivity index (χ1v) is 6.21. The molecule has 7 nitrogen and oxygen atoms in total. The maximum absolute atomic E-state index is 11.1. The molecule has 0 fully saturated rings. The first-order chi connectivity index (χ1) is 8.95. The molecule has 19 heavy (non-hydrogen) atoms. The average molecular weight is 275 g/mol. The normalized spacial score (nSPS) is 11.5. The highest BCUT2D eigenvalue weighted by Crippen LogP contribution is 2.14. The third kappa shape index (κ3) is 11.1. The van der Waals surface area contributed by atoms with Gasteiger partial charge >= 0.3 is 18.0 Å². The number of alkyl carbamates (subject to hydrolysis) is 1. The van der Waals surface area contributed by atoms with Gasteiger partial charge in [0, 0.05) is 19.9 Å². The van der Waals surface area contributed by atoms with Gasteiger partial charge in [0.2, 0.25) is 6.79 Å². The maximum Gasteiger partial charge on any atom is 0.410 e. The van der Waals surface area contributed by atoms with Crippen LogP contribution in [0.15, 0.2) is 0 Å². The molecule has 0 radical (unpaired) electrons. The number of hydrogen-bond donors (Lipinski definition) is 2. The Morgan fingerprint density at radius 1 is 1.21 bits per heavy atom. The van der Waals surface area contributed by atoms with Crippen LogP contribution in [0.5, 0.6) is 0 Å². The molecule has 0 rings (SSSR count). The SMILES string of the molecule is CCC[C@@H](CCNC(=O)OCOC(C)=O)CC(=O)O. The molecule has 110 valence electrons. The van der Waals surface area contributed by atoms with Crippen molar-refractivity contribution in [3.63, 3.8) is 0 Å². The number of amides is 1. The molecular weight excluding hydrogens is 254 g/mol. The number of aliphatic carboxylic acids is 1. The van der Waals surface area contributed by atoms with Gasteiger partial charge in [0.15, 0.2) is 0 Å². The van der Waals surface area contributed by atoms with Gasteiger partial charge in [-0.25, -0.2) is 4.79 Å². The van der Waals surface area contributed by atoms with Crippen molar-refractivity contribution in [1.82, 2.24) is 5.32 Å². The van der Waals surface area contributed by atoms with Gasteiger partial charge in [-0.1, -0.05) is 19.8 Å². The molecule has 0 aromatic rings. The highest BCUT2D eigenvalue weighted by molar-refractivity contribution is 5.68. The van der Waals surface area contributed by atoms with Gasteiger partial charge in [-0.2, -0.15) is 0 Å². The summed E-state index contributed by atoms with van der Waals surface area (Å²) in [6.07, 6.45) is 1.68. The van der Waals surface area contributed by atoms with E-state index in [1.165, 1.54) is 6.92 Å². The van der Waals surface area contributed by atoms with E-state index in [9.17, 15) is 14.4 Å². The predicted octanol–water partition coefficient (Wildman–Crippen LogP) is 1.51. The van der Waals surface area contributed by atoms with E-state index in [1.54, 1.807) is 0 Å². The Morgan fingerprint density at radius 2 is 1.89 bits per heavy atom. The van der Waals surface area contributed by atoms with Crippen LogP contribution in [-0.4, -0.2) is 36.5 Å². The number of esters is 1. The van der Waals surface area contributed by atoms with Crippen LogP contribution in [-0.2, 0) is 19.1 Å². The zero-order valence-electron chi connectivity index (χ0n) is 11.3. The number of rotatable bonds is 9. The minimum absolute atomic E-state index is 0.0382. The van der Waals surface area contributed by atoms with Gasteiger partial charge in [-0.15, -0.1) is 0 Å². The fourth-order valence-corrected chi connectivity index (χ4v) is 1.60. The maximum atomic E-state index is 11.1. The molecule has 0 heterocycles. The molecule has 2 N–H and O–H groups in total. The Bertz CT molecular complexity index is 305. The lowest BCUT2D eigenvalue weighted by atomic mass is 9.96. The summed E-state index contributed by atoms with van der Waals surface area (Å²) >= 11 is 0. The van der Waals surface area contributed by atoms with E-state index >= 15 is 0 Å². The van der Waals surface area contributed by atoms with Crippen molar-refractivity contribution in [2.24, 2.45) is 5.92 Å². The minimum atomic E-state index is -0.837. The van der Waals surface area contributed by atoms with E-state index in [2.05, 4.69) is 14.8 Å². The second kappa shape index (κ2) is 10.2. The van der Waals surface area contributed by atoms with Gasteiger partial charge in [0.05, 0.1) is 0 Å². The first kappa shape index (κ1) is 17.2. The number of carboxylic acid groups (broad SMARTS) is 1. The number of hydrogen-bond acceptors (Lipinski definition) is 5. The molecule has 0 saturated carbocycles. The lowest BCUT2D eigenvalue weighted by Crippen LogP contribution is -2.28. The molecule has 0 bridgehead atoms. The number of nitrogens with one attached hydrogen (secondary N) is 1. The van der Waals surface area contributed by atoms with Crippen LogP contribution in [0.1, 0.15) is 39.5 Å². The molecule has 0 aliphatic rings. The summed E-state index contributed by atoms with van der Waals surface area (Å²) < 4.78 is 9.00. The van der Waals surface area contributed by atoms with Gasteiger partial charge in [-0.05, 0) is 12.3 Å². The standard InChI is InChI=1S/C12H21NO6/c1-3-4-10(7-11(15)16)5-6-13-12(17)19-8-18-9(2)14/h10H,3-8H2,1-2H3,(H,13,17)(H,15,16)/t10-/m0/s1. The zero-order chi connectivity index (χ0) is 14.7. The van der Waals surface area contributed by atoms with Crippen molar-refractivity contribution >= 4 is 18.0 Å². The van der Waals surface area contributed by atoms with E-state index < -0.39 is 24.8 Å². The number of carboxylic acids is 1. The van der Waals surface area contributed by atoms with Crippen LogP contribution >= 0.6 is 0 Å². The molecule has 0 aromatic carbocycles. The van der Waals surface area contributed by atoms with Crippen LogP contribution in [0.3, 0.4) is 0 Å². The van der Waals surface area contributed by atoms with Crippen LogP contribution in [0, 0.1) is 5.92 Å². The highest BCUT2D eigenvalue weighted by Gasteiger charge is 2.13. The summed E-state index contributed by atoms with van der Waals surface area (Å²) in [6, 6.07) is 0. The van der Waals surface area contributed by atoms with Crippen molar-refractivity contribution in [2.45, 2.75) is 39.5 Å². The van der Waals surface area contributed by atoms with E-state index in [0.29, 0.717) is 13.0 Å². The van der Waals surface area contributed by atoms with E-state index in [0.717, 1.165) is 12.8 Å². The number of carbonyl (C=O) groups excluding carboxylic acids is 2. The summed E-state index contributed by atoms with van der Waals surface area (Å²) in [5, 5.41) is 11.2. The third-order valence-corrected chi connectivity index (χ3v) is 2.43. The summed E-state index contributed by atoms with van der Waals surface area (Å²) in [5.74, 6) is -1.33. The van der Waals surface area contributed by atoms with Crippen molar-refractivity contribution < 1.29 is 29.0 Å². The Hall–Kier alpha value is -1.79. The molecule has 0 saturated heterocycles. The Morgan fingerprint density at radius 3 is 2.42 bits per heavy atom. The minimum Gasteiger partial charge on any atom is -0.481 e. The van der Waals surface area contributed by atoms with Crippen LogP contribution < -0.4 is 5.32 Å². The average Bonchev–Trinajstić information content (AvgIpc) is 2.27. The topological polar surface area (TPSA) is 102 Å². The molecule has 1 atom stereocenters. The molecule has 0 aromatic heterocycles. The van der Waals surface area contributed by atoms with Crippen LogP contribution in [0.25, 0.3) is 0 Å². The summed E-state index contributed by atoms with van der Waals surface area (Å²) in [4.78, 5) is 32.2. The van der Waals surface area contributed by atoms with E-state index in [4.69, 9.17) is 5.11 Å². The van der Waals surface area contributed by atoms with E-state index in [1.807, 2.05) is 6.92 Å². The molecule has 0 unspecified atom stereocenters. The number of ether oxygens (including phenoxy) is 2. The Labute approximate surface area is 112 Å². The summed E-state index contributed by atoms with van der Waals surface area (Å²) in [5.41, 5.74) is 0. The molecule has 0 aliphatic carbocycles. The van der Waals surface area contributed by atoms with Crippen molar-refractivity contribution in [2.75, 3.05) is 13.3 Å². The van der Waals surface area contributed by atoms with Crippen molar-refractivity contribution in [3.05, 3.63) is 0 Å². The Kier molecular flexibility index (Phi) is 9.20. The van der Waals surface area contributed by atoms with Gasteiger partial charge in [-0.3, -0.25) is 9.59 Å². The van der Waals surface area contributed by atoms with Gasteiger partial charge in [0.25, 0.3) is 0 Å². The summed E-state index contributed by atoms with van der Waals surface area (Å²) in [6.45, 7) is 3.10. The molecule has 0 aliphatic heterocycles. The quantitative estimate of drug-likeness (QED) is 0.488. The number of carbonyl (C=O) groups is 3. The molecule has 1 amide bonds. The van der Waals surface area contributed by atoms with Gasteiger partial charge in [0.1, 0.15) is 0 Å². The largest absolute Gasteiger partial charge is 0.481 e. The van der Waals surface area contributed by atoms with E-state index in [-0.39, 0.29) is 12.3 Å². The molecule has 0 spiro atoms. The van der Waals surface area contributed by atoms with Crippen LogP contribution in [0.4, 0.5) is 4.79 Å². The second-order valence-corrected chi connectivity index (χ2v) is 4.15. The zero-order valence-corrected chi connectivity index (χ0v) is 11.3. The lowest BCUT2D eigenvalue weighted by Gasteiger charge is -2.14. The Balaban J connectivity index is 3.75.